The Hall–Kier alpha value is -2.50. The number of nitrogens with zero attached hydrogens (tertiary/aromatic N) is 1. The highest BCUT2D eigenvalue weighted by Gasteiger charge is 2.16. The fourth-order valence-electron chi connectivity index (χ4n) is 1.38. The van der Waals surface area contributed by atoms with Gasteiger partial charge in [0.25, 0.3) is 0 Å². The predicted octanol–water partition coefficient (Wildman–Crippen LogP) is 2.94. The van der Waals surface area contributed by atoms with Crippen molar-refractivity contribution in [2.24, 2.45) is 0 Å². The number of ether oxygens (including phenoxy) is 2. The lowest BCUT2D eigenvalue weighted by molar-refractivity contribution is 0.0596. The first-order chi connectivity index (χ1) is 9.10. The normalized spacial score (nSPS) is 10.1. The molecule has 1 heterocycles. The molecule has 0 fully saturated rings. The van der Waals surface area contributed by atoms with Gasteiger partial charge in [-0.25, -0.2) is 18.6 Å². The highest BCUT2D eigenvalue weighted by molar-refractivity contribution is 5.91. The van der Waals surface area contributed by atoms with Gasteiger partial charge in [-0.2, -0.15) is 0 Å². The minimum Gasteiger partial charge on any atom is -0.465 e. The summed E-state index contributed by atoms with van der Waals surface area (Å²) in [6.07, 6.45) is 0.908. The summed E-state index contributed by atoms with van der Waals surface area (Å²) in [4.78, 5) is 15.1. The van der Waals surface area contributed by atoms with Crippen LogP contribution in [0.3, 0.4) is 0 Å². The molecule has 6 heteroatoms. The fraction of sp³-hybridized carbons (Fsp3) is 0.0769. The number of carbonyl (C=O) groups is 1. The maximum absolute atomic E-state index is 13.1. The highest BCUT2D eigenvalue weighted by Crippen LogP contribution is 2.24. The second-order valence-electron chi connectivity index (χ2n) is 3.55. The Kier molecular flexibility index (Phi) is 3.70. The first-order valence-corrected chi connectivity index (χ1v) is 5.27. The zero-order chi connectivity index (χ0) is 13.8. The number of methoxy groups -OCH3 is 1. The predicted molar refractivity (Wildman–Crippen MR) is 62.0 cm³/mol. The largest absolute Gasteiger partial charge is 0.465 e. The van der Waals surface area contributed by atoms with Gasteiger partial charge in [0.05, 0.1) is 13.3 Å². The van der Waals surface area contributed by atoms with E-state index in [0.29, 0.717) is 0 Å². The van der Waals surface area contributed by atoms with Gasteiger partial charge in [0.15, 0.2) is 0 Å². The van der Waals surface area contributed by atoms with Crippen molar-refractivity contribution in [3.8, 4) is 11.6 Å². The molecule has 1 aromatic carbocycles. The van der Waals surface area contributed by atoms with Gasteiger partial charge in [-0.3, -0.25) is 0 Å². The molecular weight excluding hydrogens is 256 g/mol. The Balaban J connectivity index is 2.34. The Morgan fingerprint density at radius 1 is 1.16 bits per heavy atom. The van der Waals surface area contributed by atoms with E-state index < -0.39 is 17.6 Å². The molecule has 2 aromatic rings. The van der Waals surface area contributed by atoms with Crippen LogP contribution in [0.15, 0.2) is 36.5 Å². The summed E-state index contributed by atoms with van der Waals surface area (Å²) in [5, 5.41) is 0. The molecule has 0 amide bonds. The minimum atomic E-state index is -0.774. The van der Waals surface area contributed by atoms with Crippen molar-refractivity contribution >= 4 is 5.97 Å². The lowest BCUT2D eigenvalue weighted by Gasteiger charge is -2.08. The maximum atomic E-state index is 13.1. The van der Waals surface area contributed by atoms with Crippen LogP contribution in [0.5, 0.6) is 11.6 Å². The molecule has 0 bridgehead atoms. The first-order valence-electron chi connectivity index (χ1n) is 5.27. The standard InChI is InChI=1S/C13H9F2NO3/c1-18-13(17)11-6-9(15)7-16-12(11)19-10-4-2-8(14)3-5-10/h2-7H,1H3. The number of carbonyl (C=O) groups excluding carboxylic acids is 1. The smallest absolute Gasteiger partial charge is 0.343 e. The van der Waals surface area contributed by atoms with E-state index in [1.807, 2.05) is 0 Å². The lowest BCUT2D eigenvalue weighted by Crippen LogP contribution is -2.06. The zero-order valence-corrected chi connectivity index (χ0v) is 9.89. The van der Waals surface area contributed by atoms with Crippen LogP contribution in [0.1, 0.15) is 10.4 Å². The van der Waals surface area contributed by atoms with Gasteiger partial charge in [0.1, 0.15) is 22.9 Å². The molecule has 0 saturated heterocycles. The Bertz CT molecular complexity index is 599. The van der Waals surface area contributed by atoms with Gasteiger partial charge in [-0.1, -0.05) is 0 Å². The van der Waals surface area contributed by atoms with E-state index >= 15 is 0 Å². The molecule has 4 nitrogen and oxygen atoms in total. The quantitative estimate of drug-likeness (QED) is 0.800. The van der Waals surface area contributed by atoms with Crippen molar-refractivity contribution < 1.29 is 23.0 Å². The Morgan fingerprint density at radius 2 is 1.84 bits per heavy atom. The molecule has 0 aliphatic heterocycles. The van der Waals surface area contributed by atoms with Crippen LogP contribution in [-0.2, 0) is 4.74 Å². The van der Waals surface area contributed by atoms with Gasteiger partial charge in [-0.15, -0.1) is 0 Å². The second kappa shape index (κ2) is 5.43. The molecule has 98 valence electrons. The van der Waals surface area contributed by atoms with E-state index in [2.05, 4.69) is 9.72 Å². The average Bonchev–Trinajstić information content (AvgIpc) is 2.42. The average molecular weight is 265 g/mol. The Morgan fingerprint density at radius 3 is 2.47 bits per heavy atom. The maximum Gasteiger partial charge on any atom is 0.343 e. The number of aromatic nitrogens is 1. The topological polar surface area (TPSA) is 48.4 Å². The summed E-state index contributed by atoms with van der Waals surface area (Å²) >= 11 is 0. The second-order valence-corrected chi connectivity index (χ2v) is 3.55. The minimum absolute atomic E-state index is 0.111. The van der Waals surface area contributed by atoms with Gasteiger partial charge in [0.2, 0.25) is 5.88 Å². The SMILES string of the molecule is COC(=O)c1cc(F)cnc1Oc1ccc(F)cc1. The van der Waals surface area contributed by atoms with E-state index in [4.69, 9.17) is 4.74 Å². The van der Waals surface area contributed by atoms with Crippen LogP contribution in [0.25, 0.3) is 0 Å². The van der Waals surface area contributed by atoms with E-state index in [0.717, 1.165) is 19.4 Å². The van der Waals surface area contributed by atoms with E-state index in [-0.39, 0.29) is 17.2 Å². The van der Waals surface area contributed by atoms with Crippen LogP contribution >= 0.6 is 0 Å². The summed E-state index contributed by atoms with van der Waals surface area (Å²) in [5.41, 5.74) is -0.146. The number of halogens is 2. The summed E-state index contributed by atoms with van der Waals surface area (Å²) in [6, 6.07) is 6.06. The zero-order valence-electron chi connectivity index (χ0n) is 9.89. The van der Waals surface area contributed by atoms with Crippen molar-refractivity contribution in [3.05, 3.63) is 53.7 Å². The molecule has 0 N–H and O–H groups in total. The highest BCUT2D eigenvalue weighted by atomic mass is 19.1. The molecule has 0 spiro atoms. The third-order valence-corrected chi connectivity index (χ3v) is 2.25. The molecule has 2 rings (SSSR count). The van der Waals surface area contributed by atoms with Crippen molar-refractivity contribution in [3.63, 3.8) is 0 Å². The van der Waals surface area contributed by atoms with Crippen molar-refractivity contribution in [1.29, 1.82) is 0 Å². The van der Waals surface area contributed by atoms with Crippen molar-refractivity contribution in [2.45, 2.75) is 0 Å². The molecule has 0 aliphatic rings. The van der Waals surface area contributed by atoms with Crippen LogP contribution in [0.4, 0.5) is 8.78 Å². The number of pyridine rings is 1. The van der Waals surface area contributed by atoms with Gasteiger partial charge in [0, 0.05) is 0 Å². The molecule has 0 aliphatic carbocycles. The van der Waals surface area contributed by atoms with Gasteiger partial charge < -0.3 is 9.47 Å². The van der Waals surface area contributed by atoms with Crippen molar-refractivity contribution in [2.75, 3.05) is 7.11 Å². The van der Waals surface area contributed by atoms with Crippen LogP contribution in [-0.4, -0.2) is 18.1 Å². The number of rotatable bonds is 3. The molecule has 19 heavy (non-hydrogen) atoms. The van der Waals surface area contributed by atoms with E-state index in [9.17, 15) is 13.6 Å². The molecule has 0 saturated carbocycles. The molecule has 0 unspecified atom stereocenters. The van der Waals surface area contributed by atoms with Crippen LogP contribution in [0.2, 0.25) is 0 Å². The fourth-order valence-corrected chi connectivity index (χ4v) is 1.38. The number of hydrogen-bond donors (Lipinski definition) is 0. The van der Waals surface area contributed by atoms with Crippen molar-refractivity contribution in [1.82, 2.24) is 4.98 Å². The van der Waals surface area contributed by atoms with Gasteiger partial charge in [-0.05, 0) is 30.3 Å². The first kappa shape index (κ1) is 12.9. The molecular formula is C13H9F2NO3. The van der Waals surface area contributed by atoms with E-state index in [1.165, 1.54) is 24.3 Å². The molecule has 0 radical (unpaired) electrons. The third kappa shape index (κ3) is 3.04. The third-order valence-electron chi connectivity index (χ3n) is 2.25. The summed E-state index contributed by atoms with van der Waals surface area (Å²) in [6.45, 7) is 0. The summed E-state index contributed by atoms with van der Waals surface area (Å²) in [7, 11) is 1.16. The summed E-state index contributed by atoms with van der Waals surface area (Å²) < 4.78 is 35.6. The lowest BCUT2D eigenvalue weighted by atomic mass is 10.2. The molecule has 0 atom stereocenters. The monoisotopic (exact) mass is 265 g/mol. The number of benzene rings is 1. The van der Waals surface area contributed by atoms with Crippen LogP contribution in [0, 0.1) is 11.6 Å². The van der Waals surface area contributed by atoms with E-state index in [1.54, 1.807) is 0 Å². The summed E-state index contributed by atoms with van der Waals surface area (Å²) in [5.74, 6) is -1.73. The van der Waals surface area contributed by atoms with Crippen LogP contribution < -0.4 is 4.74 Å². The number of esters is 1. The van der Waals surface area contributed by atoms with Gasteiger partial charge >= 0.3 is 5.97 Å². The molecule has 1 aromatic heterocycles. The Labute approximate surface area is 107 Å². The number of hydrogen-bond acceptors (Lipinski definition) is 4.